The molecule has 2 unspecified atom stereocenters. The summed E-state index contributed by atoms with van der Waals surface area (Å²) in [5, 5.41) is 28.7. The molecule has 0 saturated heterocycles. The molecule has 0 bridgehead atoms. The zero-order valence-electron chi connectivity index (χ0n) is 7.77. The van der Waals surface area contributed by atoms with Crippen LogP contribution in [0.15, 0.2) is 18.2 Å². The van der Waals surface area contributed by atoms with Crippen molar-refractivity contribution in [2.24, 2.45) is 0 Å². The maximum Gasteiger partial charge on any atom is 0.129 e. The minimum atomic E-state index is -1.27. The van der Waals surface area contributed by atoms with Gasteiger partial charge in [-0.15, -0.1) is 0 Å². The second-order valence-corrected chi connectivity index (χ2v) is 3.77. The van der Waals surface area contributed by atoms with Gasteiger partial charge in [-0.05, 0) is 19.1 Å². The fourth-order valence-electron chi connectivity index (χ4n) is 1.51. The summed E-state index contributed by atoms with van der Waals surface area (Å²) in [5.74, 6) is 0.501. The number of rotatable bonds is 0. The molecule has 0 radical (unpaired) electrons. The standard InChI is InChI=1S/C10H12O4/c1-10(13)5-14-8-4-6(11)2-3-7(8)9(10)12/h2-4,9,11-13H,5H2,1H3. The molecule has 1 heterocycles. The van der Waals surface area contributed by atoms with Crippen LogP contribution < -0.4 is 4.74 Å². The van der Waals surface area contributed by atoms with Crippen molar-refractivity contribution in [3.05, 3.63) is 23.8 Å². The molecule has 3 N–H and O–H groups in total. The molecule has 1 aliphatic rings. The summed E-state index contributed by atoms with van der Waals surface area (Å²) < 4.78 is 5.22. The molecular weight excluding hydrogens is 184 g/mol. The Bertz CT molecular complexity index is 359. The van der Waals surface area contributed by atoms with Gasteiger partial charge in [0.1, 0.15) is 29.8 Å². The van der Waals surface area contributed by atoms with E-state index < -0.39 is 11.7 Å². The van der Waals surface area contributed by atoms with E-state index in [1.807, 2.05) is 0 Å². The lowest BCUT2D eigenvalue weighted by molar-refractivity contribution is -0.102. The molecule has 2 atom stereocenters. The van der Waals surface area contributed by atoms with Gasteiger partial charge < -0.3 is 20.1 Å². The van der Waals surface area contributed by atoms with Gasteiger partial charge in [-0.1, -0.05) is 0 Å². The van der Waals surface area contributed by atoms with Gasteiger partial charge in [0, 0.05) is 11.6 Å². The Kier molecular flexibility index (Phi) is 1.90. The Morgan fingerprint density at radius 2 is 2.21 bits per heavy atom. The molecule has 0 fully saturated rings. The first-order chi connectivity index (χ1) is 6.50. The summed E-state index contributed by atoms with van der Waals surface area (Å²) in [6.07, 6.45) is -0.980. The molecule has 0 aromatic heterocycles. The molecule has 14 heavy (non-hydrogen) atoms. The van der Waals surface area contributed by atoms with E-state index in [1.54, 1.807) is 6.07 Å². The van der Waals surface area contributed by atoms with Crippen LogP contribution in [0.25, 0.3) is 0 Å². The third-order valence-electron chi connectivity index (χ3n) is 2.40. The molecule has 2 rings (SSSR count). The van der Waals surface area contributed by atoms with Crippen molar-refractivity contribution in [1.82, 2.24) is 0 Å². The van der Waals surface area contributed by atoms with E-state index >= 15 is 0 Å². The Morgan fingerprint density at radius 3 is 2.93 bits per heavy atom. The van der Waals surface area contributed by atoms with Crippen molar-refractivity contribution in [3.8, 4) is 11.5 Å². The second kappa shape index (κ2) is 2.87. The van der Waals surface area contributed by atoms with Crippen LogP contribution in [0.2, 0.25) is 0 Å². The molecule has 4 heteroatoms. The van der Waals surface area contributed by atoms with E-state index in [2.05, 4.69) is 0 Å². The fraction of sp³-hybridized carbons (Fsp3) is 0.400. The van der Waals surface area contributed by atoms with Gasteiger partial charge in [0.2, 0.25) is 0 Å². The maximum absolute atomic E-state index is 9.77. The molecule has 4 nitrogen and oxygen atoms in total. The number of aromatic hydroxyl groups is 1. The minimum absolute atomic E-state index is 0.0185. The predicted octanol–water partition coefficient (Wildman–Crippen LogP) is 0.569. The largest absolute Gasteiger partial charge is 0.508 e. The first-order valence-corrected chi connectivity index (χ1v) is 4.37. The molecule has 0 saturated carbocycles. The highest BCUT2D eigenvalue weighted by Crippen LogP contribution is 2.38. The van der Waals surface area contributed by atoms with Crippen LogP contribution in [0.1, 0.15) is 18.6 Å². The van der Waals surface area contributed by atoms with E-state index in [0.717, 1.165) is 0 Å². The summed E-state index contributed by atoms with van der Waals surface area (Å²) in [4.78, 5) is 0. The van der Waals surface area contributed by atoms with E-state index in [9.17, 15) is 15.3 Å². The Labute approximate surface area is 81.4 Å². The lowest BCUT2D eigenvalue weighted by Crippen LogP contribution is -2.42. The number of aliphatic hydroxyl groups excluding tert-OH is 1. The van der Waals surface area contributed by atoms with Gasteiger partial charge in [-0.2, -0.15) is 0 Å². The minimum Gasteiger partial charge on any atom is -0.508 e. The first kappa shape index (κ1) is 9.30. The number of benzene rings is 1. The number of hydrogen-bond donors (Lipinski definition) is 3. The van der Waals surface area contributed by atoms with E-state index in [-0.39, 0.29) is 12.4 Å². The van der Waals surface area contributed by atoms with E-state index in [0.29, 0.717) is 11.3 Å². The number of phenols is 1. The zero-order chi connectivity index (χ0) is 10.3. The molecule has 0 amide bonds. The average molecular weight is 196 g/mol. The maximum atomic E-state index is 9.77. The van der Waals surface area contributed by atoms with Crippen molar-refractivity contribution in [3.63, 3.8) is 0 Å². The third-order valence-corrected chi connectivity index (χ3v) is 2.40. The molecule has 76 valence electrons. The third kappa shape index (κ3) is 1.32. The molecule has 0 aliphatic carbocycles. The highest BCUT2D eigenvalue weighted by molar-refractivity contribution is 5.43. The monoisotopic (exact) mass is 196 g/mol. The van der Waals surface area contributed by atoms with Gasteiger partial charge in [-0.3, -0.25) is 0 Å². The van der Waals surface area contributed by atoms with Crippen molar-refractivity contribution in [1.29, 1.82) is 0 Å². The van der Waals surface area contributed by atoms with Gasteiger partial charge in [0.05, 0.1) is 0 Å². The van der Waals surface area contributed by atoms with Crippen molar-refractivity contribution in [2.45, 2.75) is 18.6 Å². The van der Waals surface area contributed by atoms with Crippen LogP contribution in [0.4, 0.5) is 0 Å². The van der Waals surface area contributed by atoms with Gasteiger partial charge in [-0.25, -0.2) is 0 Å². The lowest BCUT2D eigenvalue weighted by atomic mass is 9.91. The number of phenolic OH excluding ortho intramolecular Hbond substituents is 1. The Hall–Kier alpha value is -1.26. The summed E-state index contributed by atoms with van der Waals surface area (Å²) >= 11 is 0. The van der Waals surface area contributed by atoms with Crippen molar-refractivity contribution >= 4 is 0 Å². The average Bonchev–Trinajstić information content (AvgIpc) is 2.12. The summed E-state index contributed by atoms with van der Waals surface area (Å²) in [6.45, 7) is 1.53. The molecule has 1 aliphatic heterocycles. The number of aliphatic hydroxyl groups is 2. The van der Waals surface area contributed by atoms with Gasteiger partial charge >= 0.3 is 0 Å². The number of fused-ring (bicyclic) bond motifs is 1. The smallest absolute Gasteiger partial charge is 0.129 e. The van der Waals surface area contributed by atoms with Crippen LogP contribution in [0.5, 0.6) is 11.5 Å². The molecular formula is C10H12O4. The van der Waals surface area contributed by atoms with Crippen LogP contribution in [-0.4, -0.2) is 27.5 Å². The summed E-state index contributed by atoms with van der Waals surface area (Å²) in [7, 11) is 0. The van der Waals surface area contributed by atoms with E-state index in [1.165, 1.54) is 19.1 Å². The normalized spacial score (nSPS) is 30.6. The van der Waals surface area contributed by atoms with Crippen LogP contribution >= 0.6 is 0 Å². The highest BCUT2D eigenvalue weighted by Gasteiger charge is 2.38. The van der Waals surface area contributed by atoms with Gasteiger partial charge in [0.25, 0.3) is 0 Å². The highest BCUT2D eigenvalue weighted by atomic mass is 16.5. The Balaban J connectivity index is 2.46. The van der Waals surface area contributed by atoms with Gasteiger partial charge in [0.15, 0.2) is 0 Å². The van der Waals surface area contributed by atoms with Crippen LogP contribution in [0.3, 0.4) is 0 Å². The quantitative estimate of drug-likeness (QED) is 0.567. The molecule has 1 aromatic carbocycles. The van der Waals surface area contributed by atoms with Crippen LogP contribution in [0, 0.1) is 0 Å². The summed E-state index contributed by atoms with van der Waals surface area (Å²) in [5.41, 5.74) is -0.775. The topological polar surface area (TPSA) is 69.9 Å². The van der Waals surface area contributed by atoms with Crippen molar-refractivity contribution in [2.75, 3.05) is 6.61 Å². The van der Waals surface area contributed by atoms with Crippen LogP contribution in [-0.2, 0) is 0 Å². The zero-order valence-corrected chi connectivity index (χ0v) is 7.77. The van der Waals surface area contributed by atoms with Crippen molar-refractivity contribution < 1.29 is 20.1 Å². The SMILES string of the molecule is CC1(O)COc2cc(O)ccc2C1O. The van der Waals surface area contributed by atoms with E-state index in [4.69, 9.17) is 4.74 Å². The molecule has 1 aromatic rings. The second-order valence-electron chi connectivity index (χ2n) is 3.77. The summed E-state index contributed by atoms with van der Waals surface area (Å²) in [6, 6.07) is 4.42. The number of hydrogen-bond acceptors (Lipinski definition) is 4. The molecule has 0 spiro atoms. The first-order valence-electron chi connectivity index (χ1n) is 4.37. The Morgan fingerprint density at radius 1 is 1.50 bits per heavy atom. The fourth-order valence-corrected chi connectivity index (χ4v) is 1.51. The lowest BCUT2D eigenvalue weighted by Gasteiger charge is -2.34. The number of ether oxygens (including phenoxy) is 1. The predicted molar refractivity (Wildman–Crippen MR) is 49.2 cm³/mol.